The molecule has 0 radical (unpaired) electrons. The summed E-state index contributed by atoms with van der Waals surface area (Å²) in [6.45, 7) is 0.352. The number of hydrogen-bond acceptors (Lipinski definition) is 3. The number of carboxylic acid groups (broad SMARTS) is 1. The van der Waals surface area contributed by atoms with Crippen molar-refractivity contribution in [3.05, 3.63) is 59.9 Å². The van der Waals surface area contributed by atoms with Gasteiger partial charge in [-0.2, -0.15) is 0 Å². The van der Waals surface area contributed by atoms with E-state index in [0.29, 0.717) is 30.2 Å². The van der Waals surface area contributed by atoms with Gasteiger partial charge in [-0.25, -0.2) is 4.39 Å². The van der Waals surface area contributed by atoms with E-state index in [9.17, 15) is 14.3 Å². The minimum Gasteiger partial charge on any atom is -0.545 e. The molecule has 27 heavy (non-hydrogen) atoms. The Balaban J connectivity index is 1.94. The summed E-state index contributed by atoms with van der Waals surface area (Å²) in [5.74, 6) is -1.53. The Morgan fingerprint density at radius 3 is 2.33 bits per heavy atom. The van der Waals surface area contributed by atoms with Crippen LogP contribution >= 0.6 is 33.2 Å². The molecule has 0 aliphatic heterocycles. The quantitative estimate of drug-likeness (QED) is 0.234. The Kier molecular flexibility index (Phi) is 8.17. The van der Waals surface area contributed by atoms with Crippen LogP contribution in [0.15, 0.2) is 48.5 Å². The van der Waals surface area contributed by atoms with E-state index in [-0.39, 0.29) is 5.75 Å². The number of carbonyl (C=O) groups excluding carboxylic acids is 1. The highest BCUT2D eigenvalue weighted by Crippen LogP contribution is 2.28. The molecule has 0 saturated heterocycles. The minimum atomic E-state index is -2.61. The fraction of sp³-hybridized carbons (Fsp3) is 0.211. The Morgan fingerprint density at radius 2 is 1.74 bits per heavy atom. The van der Waals surface area contributed by atoms with Crippen LogP contribution in [0.2, 0.25) is 6.04 Å². The van der Waals surface area contributed by atoms with Gasteiger partial charge in [-0.15, -0.1) is 33.2 Å². The molecule has 0 fully saturated rings. The van der Waals surface area contributed by atoms with Gasteiger partial charge in [0, 0.05) is 0 Å². The van der Waals surface area contributed by atoms with Crippen molar-refractivity contribution in [3.8, 4) is 16.9 Å². The Bertz CT molecular complexity index is 805. The lowest BCUT2D eigenvalue weighted by molar-refractivity contribution is -0.297. The van der Waals surface area contributed by atoms with Crippen molar-refractivity contribution >= 4 is 51.3 Å². The second-order valence-corrected chi connectivity index (χ2v) is 15.1. The number of unbranched alkanes of at least 4 members (excludes halogenated alkanes) is 1. The van der Waals surface area contributed by atoms with Gasteiger partial charge in [-0.3, -0.25) is 0 Å². The van der Waals surface area contributed by atoms with Crippen LogP contribution in [0.5, 0.6) is 5.75 Å². The van der Waals surface area contributed by atoms with Crippen LogP contribution in [0.4, 0.5) is 4.39 Å². The first-order valence-corrected chi connectivity index (χ1v) is 13.5. The molecule has 2 aromatic rings. The summed E-state index contributed by atoms with van der Waals surface area (Å²) in [6.07, 6.45) is 3.79. The summed E-state index contributed by atoms with van der Waals surface area (Å²) < 4.78 is 19.7. The lowest BCUT2D eigenvalue weighted by Crippen LogP contribution is -2.18. The molecule has 2 aromatic carbocycles. The Morgan fingerprint density at radius 1 is 1.07 bits per heavy atom. The van der Waals surface area contributed by atoms with E-state index in [4.69, 9.17) is 38.0 Å². The van der Waals surface area contributed by atoms with Gasteiger partial charge in [0.1, 0.15) is 0 Å². The number of benzene rings is 2. The van der Waals surface area contributed by atoms with Crippen LogP contribution in [0.3, 0.4) is 0 Å². The van der Waals surface area contributed by atoms with Crippen molar-refractivity contribution < 1.29 is 19.0 Å². The summed E-state index contributed by atoms with van der Waals surface area (Å²) in [4.78, 5) is 10.4. The van der Waals surface area contributed by atoms with Gasteiger partial charge in [0.25, 0.3) is 0 Å². The van der Waals surface area contributed by atoms with Crippen LogP contribution in [0, 0.1) is 5.82 Å². The van der Waals surface area contributed by atoms with E-state index in [1.807, 2.05) is 0 Å². The normalized spacial score (nSPS) is 11.7. The molecule has 0 aliphatic carbocycles. The van der Waals surface area contributed by atoms with Crippen molar-refractivity contribution in [1.29, 1.82) is 0 Å². The third-order valence-electron chi connectivity index (χ3n) is 3.70. The summed E-state index contributed by atoms with van der Waals surface area (Å²) in [5, 5.41) is 10.4. The first-order valence-electron chi connectivity index (χ1n) is 8.23. The molecule has 0 heterocycles. The molecule has 0 N–H and O–H groups in total. The van der Waals surface area contributed by atoms with Gasteiger partial charge < -0.3 is 14.6 Å². The highest BCUT2D eigenvalue weighted by Gasteiger charge is 2.23. The topological polar surface area (TPSA) is 49.4 Å². The molecule has 0 unspecified atom stereocenters. The maximum absolute atomic E-state index is 14.3. The molecule has 0 saturated carbocycles. The first-order chi connectivity index (χ1) is 12.7. The van der Waals surface area contributed by atoms with Gasteiger partial charge in [0.05, 0.1) is 12.6 Å². The molecule has 144 valence electrons. The van der Waals surface area contributed by atoms with E-state index >= 15 is 0 Å². The molecule has 0 aromatic heterocycles. The van der Waals surface area contributed by atoms with Crippen LogP contribution in [0.1, 0.15) is 18.4 Å². The zero-order valence-corrected chi connectivity index (χ0v) is 17.5. The molecule has 3 nitrogen and oxygen atoms in total. The molecule has 2 rings (SSSR count). The number of halogens is 4. The van der Waals surface area contributed by atoms with Crippen LogP contribution in [-0.4, -0.2) is 18.6 Å². The Labute approximate surface area is 172 Å². The summed E-state index contributed by atoms with van der Waals surface area (Å²) in [6, 6.07) is 9.74. The zero-order valence-electron chi connectivity index (χ0n) is 14.3. The van der Waals surface area contributed by atoms with Crippen LogP contribution < -0.4 is 9.84 Å². The summed E-state index contributed by atoms with van der Waals surface area (Å²) in [5.41, 5.74) is 2.21. The Hall–Kier alpha value is -1.53. The number of hydrogen-bond donors (Lipinski definition) is 0. The van der Waals surface area contributed by atoms with Crippen LogP contribution in [-0.2, 0) is 4.79 Å². The first kappa shape index (κ1) is 21.8. The predicted octanol–water partition coefficient (Wildman–Crippen LogP) is 5.07. The van der Waals surface area contributed by atoms with E-state index in [1.54, 1.807) is 36.4 Å². The zero-order chi connectivity index (χ0) is 19.9. The van der Waals surface area contributed by atoms with Gasteiger partial charge in [-0.1, -0.05) is 36.4 Å². The van der Waals surface area contributed by atoms with Gasteiger partial charge in [0.2, 0.25) is 0 Å². The average molecular weight is 447 g/mol. The molecule has 0 spiro atoms. The lowest BCUT2D eigenvalue weighted by Gasteiger charge is -2.10. The highest BCUT2D eigenvalue weighted by molar-refractivity contribution is 7.64. The maximum atomic E-state index is 14.3. The molecule has 8 heteroatoms. The van der Waals surface area contributed by atoms with Crippen molar-refractivity contribution in [3.63, 3.8) is 0 Å². The third-order valence-corrected chi connectivity index (χ3v) is 6.32. The second kappa shape index (κ2) is 10.1. The van der Waals surface area contributed by atoms with Crippen molar-refractivity contribution in [2.75, 3.05) is 6.61 Å². The summed E-state index contributed by atoms with van der Waals surface area (Å²) in [7, 11) is 0. The van der Waals surface area contributed by atoms with E-state index in [0.717, 1.165) is 18.1 Å². The number of carbonyl (C=O) groups is 1. The van der Waals surface area contributed by atoms with E-state index in [1.165, 1.54) is 12.1 Å². The number of aliphatic carboxylic acids is 1. The highest BCUT2D eigenvalue weighted by atomic mass is 35.8. The van der Waals surface area contributed by atoms with Gasteiger partial charge in [0.15, 0.2) is 11.6 Å². The smallest absolute Gasteiger partial charge is 0.341 e. The van der Waals surface area contributed by atoms with Crippen molar-refractivity contribution in [2.45, 2.75) is 18.9 Å². The SMILES string of the molecule is O=C([O-])/C=C/c1ccc(-c2ccc(OCCCC[Si](Cl)(Cl)Cl)c(F)c2)cc1. The fourth-order valence-corrected chi connectivity index (χ4v) is 4.21. The second-order valence-electron chi connectivity index (χ2n) is 5.84. The molecule has 0 atom stereocenters. The predicted molar refractivity (Wildman–Crippen MR) is 109 cm³/mol. The average Bonchev–Trinajstić information content (AvgIpc) is 2.60. The van der Waals surface area contributed by atoms with Gasteiger partial charge >= 0.3 is 6.00 Å². The van der Waals surface area contributed by atoms with Crippen molar-refractivity contribution in [2.24, 2.45) is 0 Å². The standard InChI is InChI=1S/C19H18Cl3FO3Si/c20-27(21,22)12-2-1-11-26-18-9-8-16(13-17(18)23)15-6-3-14(4-7-15)5-10-19(24)25/h3-10,13H,1-2,11-12H2,(H,24,25)/p-1/b10-5+. The number of rotatable bonds is 9. The fourth-order valence-electron chi connectivity index (χ4n) is 2.36. The van der Waals surface area contributed by atoms with E-state index in [2.05, 4.69) is 0 Å². The number of ether oxygens (including phenoxy) is 1. The largest absolute Gasteiger partial charge is 0.545 e. The van der Waals surface area contributed by atoms with Crippen LogP contribution in [0.25, 0.3) is 17.2 Å². The molecular weight excluding hydrogens is 430 g/mol. The van der Waals surface area contributed by atoms with Gasteiger partial charge in [-0.05, 0) is 53.8 Å². The van der Waals surface area contributed by atoms with Crippen molar-refractivity contribution in [1.82, 2.24) is 0 Å². The molecule has 0 aliphatic rings. The minimum absolute atomic E-state index is 0.179. The monoisotopic (exact) mass is 445 g/mol. The third kappa shape index (κ3) is 7.93. The molecule has 0 amide bonds. The lowest BCUT2D eigenvalue weighted by atomic mass is 10.0. The number of carboxylic acids is 1. The summed E-state index contributed by atoms with van der Waals surface area (Å²) >= 11 is 17.4. The maximum Gasteiger partial charge on any atom is 0.341 e. The molecular formula is C19H17Cl3FO3Si-. The van der Waals surface area contributed by atoms with E-state index < -0.39 is 17.8 Å². The molecule has 0 bridgehead atoms.